The van der Waals surface area contributed by atoms with Crippen LogP contribution in [0.2, 0.25) is 0 Å². The third-order valence-electron chi connectivity index (χ3n) is 12.0. The first-order valence-corrected chi connectivity index (χ1v) is 23.5. The molecule has 2 heterocycles. The molecule has 1 saturated heterocycles. The normalized spacial score (nSPS) is 17.5. The number of nitrogens with zero attached hydrogens (tertiary/aromatic N) is 4. The number of hydrogen-bond acceptors (Lipinski definition) is 10. The highest BCUT2D eigenvalue weighted by Gasteiger charge is 2.44. The van der Waals surface area contributed by atoms with Gasteiger partial charge in [0, 0.05) is 51.3 Å². The Labute approximate surface area is 399 Å². The number of nitrogens with one attached hydrogen (secondary N) is 3. The van der Waals surface area contributed by atoms with Gasteiger partial charge in [0.2, 0.25) is 35.4 Å². The molecule has 1 aliphatic heterocycles. The number of aromatic nitrogens is 1. The second kappa shape index (κ2) is 26.4. The fraction of sp³-hybridized carbons (Fsp3) is 0.532. The van der Waals surface area contributed by atoms with E-state index in [9.17, 15) is 48.3 Å². The standard InChI is InChI=1S/C47H63IN8O10/c1-30(2)26-39(45(63)55-24-11-17-37(55)43(61)53-36(47(65)66)28-32-14-8-5-9-15-32)56(48)46(64)38(22-25-57)54(3)44(62)35(27-31-12-6-4-7-13-31)52-42(60)34(19-20-40(49)58)51-41(59)21-18-33-16-10-23-50-29-33/h5,8-10,14-16,18,21,23,25,29-31,34-39H,4,6-7,11-13,17,19-20,22,24,26-28H2,1-3H3,(H2,49,58)(H,51,59)(H,52,60)(H,53,61)(H,65,66)/b21-18+/t34-,35-,36+,37-,38-,39-/m0/s1. The number of carboxylic acids is 1. The highest BCUT2D eigenvalue weighted by Crippen LogP contribution is 2.29. The van der Waals surface area contributed by atoms with Crippen molar-refractivity contribution in [1.82, 2.24) is 33.8 Å². The van der Waals surface area contributed by atoms with E-state index in [0.717, 1.165) is 37.0 Å². The molecule has 2 aromatic rings. The predicted octanol–water partition coefficient (Wildman–Crippen LogP) is 3.11. The Morgan fingerprint density at radius 3 is 2.23 bits per heavy atom. The highest BCUT2D eigenvalue weighted by atomic mass is 127. The van der Waals surface area contributed by atoms with E-state index in [1.807, 2.05) is 13.8 Å². The third kappa shape index (κ3) is 16.0. The molecule has 1 saturated carbocycles. The maximum atomic E-state index is 14.6. The maximum Gasteiger partial charge on any atom is 0.326 e. The highest BCUT2D eigenvalue weighted by molar-refractivity contribution is 14.1. The summed E-state index contributed by atoms with van der Waals surface area (Å²) in [5, 5.41) is 18.0. The number of likely N-dealkylation sites (N-methyl/N-ethyl adjacent to an activating group) is 1. The van der Waals surface area contributed by atoms with Crippen LogP contribution in [0.4, 0.5) is 0 Å². The zero-order chi connectivity index (χ0) is 48.3. The molecule has 19 heteroatoms. The van der Waals surface area contributed by atoms with Gasteiger partial charge in [0.05, 0.1) is 22.9 Å². The fourth-order valence-electron chi connectivity index (χ4n) is 8.43. The fourth-order valence-corrected chi connectivity index (χ4v) is 9.22. The first kappa shape index (κ1) is 52.9. The summed E-state index contributed by atoms with van der Waals surface area (Å²) >= 11 is 1.72. The molecule has 2 aliphatic rings. The number of halogens is 1. The first-order valence-electron chi connectivity index (χ1n) is 22.5. The van der Waals surface area contributed by atoms with Gasteiger partial charge in [0.1, 0.15) is 42.5 Å². The Morgan fingerprint density at radius 1 is 0.894 bits per heavy atom. The van der Waals surface area contributed by atoms with Crippen molar-refractivity contribution < 1.29 is 48.3 Å². The molecule has 18 nitrogen and oxygen atoms in total. The molecule has 66 heavy (non-hydrogen) atoms. The minimum atomic E-state index is -1.41. The van der Waals surface area contributed by atoms with E-state index in [1.54, 1.807) is 77.7 Å². The number of carbonyl (C=O) groups excluding carboxylic acids is 8. The number of rotatable bonds is 24. The molecule has 0 spiro atoms. The van der Waals surface area contributed by atoms with E-state index < -0.39 is 90.0 Å². The van der Waals surface area contributed by atoms with Gasteiger partial charge in [-0.25, -0.2) is 4.79 Å². The topological polar surface area (TPSA) is 259 Å². The summed E-state index contributed by atoms with van der Waals surface area (Å²) in [5.41, 5.74) is 6.75. The van der Waals surface area contributed by atoms with Crippen molar-refractivity contribution in [3.63, 3.8) is 0 Å². The van der Waals surface area contributed by atoms with Crippen LogP contribution in [0.15, 0.2) is 60.9 Å². The van der Waals surface area contributed by atoms with Gasteiger partial charge in [-0.3, -0.25) is 41.7 Å². The summed E-state index contributed by atoms with van der Waals surface area (Å²) in [6, 6.07) is 4.97. The lowest BCUT2D eigenvalue weighted by Crippen LogP contribution is -2.59. The third-order valence-corrected chi connectivity index (χ3v) is 13.1. The van der Waals surface area contributed by atoms with Crippen LogP contribution in [-0.2, 0) is 49.6 Å². The smallest absolute Gasteiger partial charge is 0.326 e. The number of likely N-dealkylation sites (tertiary alicyclic amines) is 1. The minimum Gasteiger partial charge on any atom is -0.480 e. The average molecular weight is 1030 g/mol. The predicted molar refractivity (Wildman–Crippen MR) is 253 cm³/mol. The SMILES string of the molecule is CC(C)C[C@@H](C(=O)N1CCC[C@H]1C(=O)N[C@H](Cc1ccccc1)C(=O)O)N(I)C(=O)[C@H](CC=O)N(C)C(=O)[C@H](CC1CCCCC1)NC(=O)[C@H](CCC(N)=O)NC(=O)/C=C/c1cccnc1. The zero-order valence-corrected chi connectivity index (χ0v) is 40.0. The number of nitrogens with two attached hydrogens (primary N) is 1. The molecule has 1 aromatic carbocycles. The number of amides is 7. The molecule has 0 radical (unpaired) electrons. The van der Waals surface area contributed by atoms with Gasteiger partial charge in [-0.2, -0.15) is 0 Å². The lowest BCUT2D eigenvalue weighted by atomic mass is 9.84. The van der Waals surface area contributed by atoms with E-state index in [-0.39, 0.29) is 56.9 Å². The van der Waals surface area contributed by atoms with Gasteiger partial charge in [-0.1, -0.05) is 82.3 Å². The minimum absolute atomic E-state index is 0.0294. The quantitative estimate of drug-likeness (QED) is 0.0442. The Bertz CT molecular complexity index is 2030. The van der Waals surface area contributed by atoms with Gasteiger partial charge in [-0.15, -0.1) is 0 Å². The van der Waals surface area contributed by atoms with E-state index in [0.29, 0.717) is 23.8 Å². The van der Waals surface area contributed by atoms with Crippen molar-refractivity contribution in [2.45, 2.75) is 134 Å². The number of benzene rings is 1. The molecule has 7 amide bonds. The van der Waals surface area contributed by atoms with Crippen molar-refractivity contribution in [2.24, 2.45) is 17.6 Å². The van der Waals surface area contributed by atoms with Gasteiger partial charge in [0.15, 0.2) is 0 Å². The van der Waals surface area contributed by atoms with Gasteiger partial charge in [-0.05, 0) is 67.2 Å². The largest absolute Gasteiger partial charge is 0.480 e. The Balaban J connectivity index is 1.56. The van der Waals surface area contributed by atoms with Crippen molar-refractivity contribution in [2.75, 3.05) is 13.6 Å². The molecule has 1 aliphatic carbocycles. The van der Waals surface area contributed by atoms with Crippen LogP contribution in [0.3, 0.4) is 0 Å². The molecule has 0 bridgehead atoms. The molecule has 358 valence electrons. The summed E-state index contributed by atoms with van der Waals surface area (Å²) in [6.07, 6.45) is 11.0. The van der Waals surface area contributed by atoms with Crippen LogP contribution in [0.1, 0.15) is 102 Å². The molecule has 2 fully saturated rings. The van der Waals surface area contributed by atoms with Gasteiger partial charge >= 0.3 is 5.97 Å². The molecular weight excluding hydrogens is 963 g/mol. The maximum absolute atomic E-state index is 14.6. The summed E-state index contributed by atoms with van der Waals surface area (Å²) in [5.74, 6) is -6.02. The summed E-state index contributed by atoms with van der Waals surface area (Å²) < 4.78 is 1.17. The van der Waals surface area contributed by atoms with E-state index >= 15 is 0 Å². The van der Waals surface area contributed by atoms with E-state index in [1.165, 1.54) is 27.2 Å². The van der Waals surface area contributed by atoms with Crippen LogP contribution in [0.25, 0.3) is 6.08 Å². The molecule has 6 atom stereocenters. The Kier molecular flexibility index (Phi) is 21.2. The number of aliphatic carboxylic acids is 1. The monoisotopic (exact) mass is 1030 g/mol. The van der Waals surface area contributed by atoms with Crippen molar-refractivity contribution in [1.29, 1.82) is 0 Å². The molecule has 1 aromatic heterocycles. The zero-order valence-electron chi connectivity index (χ0n) is 37.8. The number of aldehydes is 1. The van der Waals surface area contributed by atoms with Gasteiger partial charge < -0.3 is 41.4 Å². The number of hydrogen-bond donors (Lipinski definition) is 5. The number of carboxylic acid groups (broad SMARTS) is 1. The first-order chi connectivity index (χ1) is 31.5. The van der Waals surface area contributed by atoms with Crippen molar-refractivity contribution >= 4 is 82.5 Å². The summed E-state index contributed by atoms with van der Waals surface area (Å²) in [7, 11) is 1.35. The van der Waals surface area contributed by atoms with Crippen molar-refractivity contribution in [3.05, 3.63) is 72.1 Å². The number of carbonyl (C=O) groups is 9. The van der Waals surface area contributed by atoms with Crippen LogP contribution >= 0.6 is 22.9 Å². The lowest BCUT2D eigenvalue weighted by Gasteiger charge is -2.37. The molecule has 4 rings (SSSR count). The second-order valence-corrected chi connectivity index (χ2v) is 18.5. The van der Waals surface area contributed by atoms with Crippen LogP contribution in [0, 0.1) is 11.8 Å². The average Bonchev–Trinajstić information content (AvgIpc) is 3.80. The molecular formula is C47H63IN8O10. The van der Waals surface area contributed by atoms with Crippen LogP contribution in [-0.4, -0.2) is 126 Å². The second-order valence-electron chi connectivity index (χ2n) is 17.4. The molecule has 6 N–H and O–H groups in total. The Hall–Kier alpha value is -5.73. The number of pyridine rings is 1. The van der Waals surface area contributed by atoms with Crippen molar-refractivity contribution in [3.8, 4) is 0 Å². The van der Waals surface area contributed by atoms with E-state index in [4.69, 9.17) is 5.73 Å². The van der Waals surface area contributed by atoms with Crippen LogP contribution < -0.4 is 21.7 Å². The lowest BCUT2D eigenvalue weighted by molar-refractivity contribution is -0.149. The van der Waals surface area contributed by atoms with Crippen LogP contribution in [0.5, 0.6) is 0 Å². The number of primary amides is 1. The van der Waals surface area contributed by atoms with Gasteiger partial charge in [0.25, 0.3) is 5.91 Å². The summed E-state index contributed by atoms with van der Waals surface area (Å²) in [4.78, 5) is 127. The Morgan fingerprint density at radius 2 is 1.61 bits per heavy atom. The van der Waals surface area contributed by atoms with E-state index in [2.05, 4.69) is 20.9 Å². The summed E-state index contributed by atoms with van der Waals surface area (Å²) in [6.45, 7) is 3.90. The molecule has 0 unspecified atom stereocenters.